The summed E-state index contributed by atoms with van der Waals surface area (Å²) < 4.78 is 53.9. The van der Waals surface area contributed by atoms with Gasteiger partial charge in [0.25, 0.3) is 0 Å². The van der Waals surface area contributed by atoms with Crippen LogP contribution >= 0.6 is 11.6 Å². The van der Waals surface area contributed by atoms with Gasteiger partial charge in [-0.1, -0.05) is 24.9 Å². The molecule has 0 saturated heterocycles. The van der Waals surface area contributed by atoms with E-state index in [9.17, 15) is 22.0 Å². The Bertz CT molecular complexity index is 634. The molecule has 0 aromatic heterocycles. The number of primary sulfonamides is 1. The van der Waals surface area contributed by atoms with Crippen LogP contribution in [-0.4, -0.2) is 21.0 Å². The Morgan fingerprint density at radius 3 is 2.55 bits per heavy atom. The van der Waals surface area contributed by atoms with E-state index in [0.717, 1.165) is 6.42 Å². The first-order valence-electron chi connectivity index (χ1n) is 5.57. The zero-order valence-corrected chi connectivity index (χ0v) is 12.0. The molecule has 112 valence electrons. The minimum absolute atomic E-state index is 0.0510. The van der Waals surface area contributed by atoms with Gasteiger partial charge in [0.1, 0.15) is 4.90 Å². The number of rotatable bonds is 5. The maximum atomic E-state index is 13.4. The summed E-state index contributed by atoms with van der Waals surface area (Å²) in [5, 5.41) is 3.95. The highest BCUT2D eigenvalue weighted by molar-refractivity contribution is 7.89. The molecule has 0 aliphatic carbocycles. The van der Waals surface area contributed by atoms with Crippen molar-refractivity contribution in [2.45, 2.75) is 24.7 Å². The zero-order valence-electron chi connectivity index (χ0n) is 10.5. The Kier molecular flexibility index (Phi) is 5.43. The molecule has 0 unspecified atom stereocenters. The molecular weight excluding hydrogens is 316 g/mol. The second-order valence-corrected chi connectivity index (χ2v) is 5.77. The third kappa shape index (κ3) is 3.65. The van der Waals surface area contributed by atoms with Gasteiger partial charge in [-0.05, 0) is 12.5 Å². The summed E-state index contributed by atoms with van der Waals surface area (Å²) in [4.78, 5) is 10.4. The van der Waals surface area contributed by atoms with Crippen molar-refractivity contribution < 1.29 is 26.7 Å². The SMILES string of the molecule is CCCCOC(=O)c1cc(F)c(F)c(S(N)(=O)=O)c1Cl. The van der Waals surface area contributed by atoms with Crippen LogP contribution in [0.15, 0.2) is 11.0 Å². The molecular formula is C11H12ClF2NO4S. The van der Waals surface area contributed by atoms with Crippen LogP contribution in [0.4, 0.5) is 8.78 Å². The van der Waals surface area contributed by atoms with Crippen LogP contribution in [-0.2, 0) is 14.8 Å². The van der Waals surface area contributed by atoms with Gasteiger partial charge in [0, 0.05) is 0 Å². The lowest BCUT2D eigenvalue weighted by atomic mass is 10.2. The molecule has 0 atom stereocenters. The number of hydrogen-bond donors (Lipinski definition) is 1. The quantitative estimate of drug-likeness (QED) is 0.510. The van der Waals surface area contributed by atoms with Gasteiger partial charge in [-0.25, -0.2) is 27.1 Å². The van der Waals surface area contributed by atoms with Crippen LogP contribution in [0.25, 0.3) is 0 Å². The molecule has 1 aromatic rings. The van der Waals surface area contributed by atoms with Gasteiger partial charge in [-0.2, -0.15) is 0 Å². The van der Waals surface area contributed by atoms with E-state index in [2.05, 4.69) is 0 Å². The van der Waals surface area contributed by atoms with Gasteiger partial charge >= 0.3 is 5.97 Å². The minimum Gasteiger partial charge on any atom is -0.462 e. The molecule has 0 spiro atoms. The van der Waals surface area contributed by atoms with Crippen LogP contribution in [0, 0.1) is 11.6 Å². The second kappa shape index (κ2) is 6.47. The van der Waals surface area contributed by atoms with Crippen molar-refractivity contribution in [3.63, 3.8) is 0 Å². The minimum atomic E-state index is -4.62. The lowest BCUT2D eigenvalue weighted by Gasteiger charge is -2.10. The van der Waals surface area contributed by atoms with Crippen LogP contribution in [0.1, 0.15) is 30.1 Å². The standard InChI is InChI=1S/C11H12ClF2NO4S/c1-2-3-4-19-11(16)6-5-7(13)9(14)10(8(6)12)20(15,17)18/h5H,2-4H2,1H3,(H2,15,17,18). The fourth-order valence-corrected chi connectivity index (χ4v) is 2.61. The number of unbranched alkanes of at least 4 members (excludes halogenated alkanes) is 1. The number of carbonyl (C=O) groups is 1. The molecule has 0 amide bonds. The third-order valence-corrected chi connectivity index (χ3v) is 3.81. The molecule has 20 heavy (non-hydrogen) atoms. The van der Waals surface area contributed by atoms with Gasteiger partial charge in [-0.15, -0.1) is 0 Å². The van der Waals surface area contributed by atoms with Gasteiger partial charge in [0.2, 0.25) is 10.0 Å². The Morgan fingerprint density at radius 1 is 1.45 bits per heavy atom. The van der Waals surface area contributed by atoms with E-state index < -0.39 is 43.1 Å². The number of ether oxygens (including phenoxy) is 1. The van der Waals surface area contributed by atoms with Gasteiger partial charge in [0.15, 0.2) is 11.6 Å². The van der Waals surface area contributed by atoms with E-state index in [1.54, 1.807) is 0 Å². The van der Waals surface area contributed by atoms with Crippen LogP contribution in [0.3, 0.4) is 0 Å². The topological polar surface area (TPSA) is 86.5 Å². The number of carbonyl (C=O) groups excluding carboxylic acids is 1. The van der Waals surface area contributed by atoms with Crippen LogP contribution < -0.4 is 5.14 Å². The Labute approximate surface area is 119 Å². The molecule has 0 aliphatic heterocycles. The van der Waals surface area contributed by atoms with Crippen molar-refractivity contribution in [2.24, 2.45) is 5.14 Å². The number of sulfonamides is 1. The summed E-state index contributed by atoms with van der Waals surface area (Å²) in [6, 6.07) is 0.473. The molecule has 0 bridgehead atoms. The highest BCUT2D eigenvalue weighted by Crippen LogP contribution is 2.30. The van der Waals surface area contributed by atoms with Gasteiger partial charge < -0.3 is 4.74 Å². The summed E-state index contributed by atoms with van der Waals surface area (Å²) in [5.41, 5.74) is -0.592. The van der Waals surface area contributed by atoms with Crippen molar-refractivity contribution >= 4 is 27.6 Å². The molecule has 9 heteroatoms. The van der Waals surface area contributed by atoms with E-state index in [1.807, 2.05) is 6.92 Å². The fourth-order valence-electron chi connectivity index (χ4n) is 1.37. The lowest BCUT2D eigenvalue weighted by Crippen LogP contribution is -2.18. The van der Waals surface area contributed by atoms with Crippen LogP contribution in [0.2, 0.25) is 5.02 Å². The Hall–Kier alpha value is -1.25. The lowest BCUT2D eigenvalue weighted by molar-refractivity contribution is 0.0499. The highest BCUT2D eigenvalue weighted by Gasteiger charge is 2.28. The van der Waals surface area contributed by atoms with Crippen LogP contribution in [0.5, 0.6) is 0 Å². The monoisotopic (exact) mass is 327 g/mol. The average molecular weight is 328 g/mol. The first-order valence-corrected chi connectivity index (χ1v) is 7.50. The summed E-state index contributed by atoms with van der Waals surface area (Å²) >= 11 is 5.61. The highest BCUT2D eigenvalue weighted by atomic mass is 35.5. The molecule has 5 nitrogen and oxygen atoms in total. The summed E-state index contributed by atoms with van der Waals surface area (Å²) in [5.74, 6) is -4.34. The zero-order chi connectivity index (χ0) is 15.5. The molecule has 0 fully saturated rings. The predicted molar refractivity (Wildman–Crippen MR) is 67.9 cm³/mol. The van der Waals surface area contributed by atoms with E-state index in [0.29, 0.717) is 12.5 Å². The number of benzene rings is 1. The van der Waals surface area contributed by atoms with E-state index in [-0.39, 0.29) is 6.61 Å². The molecule has 1 rings (SSSR count). The van der Waals surface area contributed by atoms with Crippen molar-refractivity contribution in [3.8, 4) is 0 Å². The Morgan fingerprint density at radius 2 is 2.05 bits per heavy atom. The summed E-state index contributed by atoms with van der Waals surface area (Å²) in [7, 11) is -4.62. The maximum Gasteiger partial charge on any atom is 0.339 e. The number of esters is 1. The second-order valence-electron chi connectivity index (χ2n) is 3.90. The largest absolute Gasteiger partial charge is 0.462 e. The molecule has 1 aromatic carbocycles. The maximum absolute atomic E-state index is 13.4. The number of hydrogen-bond acceptors (Lipinski definition) is 4. The molecule has 0 heterocycles. The summed E-state index contributed by atoms with van der Waals surface area (Å²) in [6.07, 6.45) is 1.32. The molecule has 0 saturated carbocycles. The molecule has 0 aliphatic rings. The first-order chi connectivity index (χ1) is 9.20. The van der Waals surface area contributed by atoms with Gasteiger partial charge in [-0.3, -0.25) is 0 Å². The molecule has 2 N–H and O–H groups in total. The van der Waals surface area contributed by atoms with E-state index in [4.69, 9.17) is 21.5 Å². The molecule has 0 radical (unpaired) electrons. The normalized spacial score (nSPS) is 11.4. The smallest absolute Gasteiger partial charge is 0.339 e. The number of halogens is 3. The first kappa shape index (κ1) is 16.8. The Balaban J connectivity index is 3.30. The predicted octanol–water partition coefficient (Wildman–Crippen LogP) is 2.22. The van der Waals surface area contributed by atoms with Crippen molar-refractivity contribution in [1.82, 2.24) is 0 Å². The van der Waals surface area contributed by atoms with Crippen molar-refractivity contribution in [2.75, 3.05) is 6.61 Å². The third-order valence-electron chi connectivity index (χ3n) is 2.35. The van der Waals surface area contributed by atoms with Gasteiger partial charge in [0.05, 0.1) is 17.2 Å². The van der Waals surface area contributed by atoms with E-state index >= 15 is 0 Å². The van der Waals surface area contributed by atoms with Crippen molar-refractivity contribution in [1.29, 1.82) is 0 Å². The number of nitrogens with two attached hydrogens (primary N) is 1. The van der Waals surface area contributed by atoms with E-state index in [1.165, 1.54) is 0 Å². The summed E-state index contributed by atoms with van der Waals surface area (Å²) in [6.45, 7) is 1.91. The van der Waals surface area contributed by atoms with Crippen molar-refractivity contribution in [3.05, 3.63) is 28.3 Å². The fraction of sp³-hybridized carbons (Fsp3) is 0.364. The average Bonchev–Trinajstić information content (AvgIpc) is 2.32.